The van der Waals surface area contributed by atoms with Gasteiger partial charge in [-0.3, -0.25) is 9.69 Å². The number of amides is 1. The first-order valence-electron chi connectivity index (χ1n) is 6.03. The molecule has 1 amide bonds. The molecule has 2 N–H and O–H groups in total. The van der Waals surface area contributed by atoms with E-state index in [1.54, 1.807) is 12.1 Å². The SMILES string of the molecule is CC1CN(C)C(CN)C(=O)N1c1ccc(Cl)cc1. The summed E-state index contributed by atoms with van der Waals surface area (Å²) in [5, 5.41) is 0.670. The van der Waals surface area contributed by atoms with Crippen molar-refractivity contribution in [2.75, 3.05) is 25.0 Å². The van der Waals surface area contributed by atoms with Gasteiger partial charge in [-0.05, 0) is 38.2 Å². The van der Waals surface area contributed by atoms with Crippen molar-refractivity contribution >= 4 is 23.2 Å². The standard InChI is InChI=1S/C13H18ClN3O/c1-9-8-16(2)12(7-15)13(18)17(9)11-5-3-10(14)4-6-11/h3-6,9,12H,7-8,15H2,1-2H3. The van der Waals surface area contributed by atoms with Crippen molar-refractivity contribution in [1.29, 1.82) is 0 Å². The van der Waals surface area contributed by atoms with E-state index in [9.17, 15) is 4.79 Å². The van der Waals surface area contributed by atoms with Crippen molar-refractivity contribution < 1.29 is 4.79 Å². The Kier molecular flexibility index (Phi) is 3.90. The van der Waals surface area contributed by atoms with Gasteiger partial charge in [-0.1, -0.05) is 11.6 Å². The molecule has 2 unspecified atom stereocenters. The third-order valence-electron chi connectivity index (χ3n) is 3.38. The zero-order valence-electron chi connectivity index (χ0n) is 10.6. The quantitative estimate of drug-likeness (QED) is 0.880. The summed E-state index contributed by atoms with van der Waals surface area (Å²) in [6.07, 6.45) is 0. The topological polar surface area (TPSA) is 49.6 Å². The van der Waals surface area contributed by atoms with Gasteiger partial charge in [0.25, 0.3) is 0 Å². The van der Waals surface area contributed by atoms with Gasteiger partial charge in [0.15, 0.2) is 0 Å². The Morgan fingerprint density at radius 1 is 1.39 bits per heavy atom. The molecule has 1 fully saturated rings. The molecule has 0 aliphatic carbocycles. The molecule has 2 rings (SSSR count). The summed E-state index contributed by atoms with van der Waals surface area (Å²) in [7, 11) is 1.94. The Morgan fingerprint density at radius 3 is 2.56 bits per heavy atom. The lowest BCUT2D eigenvalue weighted by Crippen LogP contribution is -2.62. The van der Waals surface area contributed by atoms with E-state index in [1.807, 2.05) is 35.9 Å². The van der Waals surface area contributed by atoms with E-state index in [1.165, 1.54) is 0 Å². The van der Waals surface area contributed by atoms with Gasteiger partial charge in [-0.25, -0.2) is 0 Å². The summed E-state index contributed by atoms with van der Waals surface area (Å²) in [5.74, 6) is 0.0565. The van der Waals surface area contributed by atoms with E-state index in [0.29, 0.717) is 11.6 Å². The molecule has 5 heteroatoms. The summed E-state index contributed by atoms with van der Waals surface area (Å²) >= 11 is 5.87. The van der Waals surface area contributed by atoms with Crippen molar-refractivity contribution in [3.8, 4) is 0 Å². The molecule has 0 aromatic heterocycles. The molecule has 1 saturated heterocycles. The molecule has 4 nitrogen and oxygen atoms in total. The number of nitrogens with two attached hydrogens (primary N) is 1. The number of rotatable bonds is 2. The maximum absolute atomic E-state index is 12.4. The molecule has 2 atom stereocenters. The summed E-state index contributed by atoms with van der Waals surface area (Å²) in [4.78, 5) is 16.3. The Morgan fingerprint density at radius 2 is 2.00 bits per heavy atom. The van der Waals surface area contributed by atoms with Crippen LogP contribution in [0.15, 0.2) is 24.3 Å². The minimum Gasteiger partial charge on any atom is -0.328 e. The lowest BCUT2D eigenvalue weighted by Gasteiger charge is -2.42. The highest BCUT2D eigenvalue weighted by molar-refractivity contribution is 6.30. The number of hydrogen-bond donors (Lipinski definition) is 1. The van der Waals surface area contributed by atoms with Gasteiger partial charge < -0.3 is 10.6 Å². The average molecular weight is 268 g/mol. The third kappa shape index (κ3) is 2.36. The Balaban J connectivity index is 2.30. The molecule has 0 radical (unpaired) electrons. The smallest absolute Gasteiger partial charge is 0.245 e. The summed E-state index contributed by atoms with van der Waals surface area (Å²) in [6.45, 7) is 3.19. The number of likely N-dealkylation sites (N-methyl/N-ethyl adjacent to an activating group) is 1. The fraction of sp³-hybridized carbons (Fsp3) is 0.462. The third-order valence-corrected chi connectivity index (χ3v) is 3.63. The highest BCUT2D eigenvalue weighted by Crippen LogP contribution is 2.24. The van der Waals surface area contributed by atoms with E-state index < -0.39 is 0 Å². The van der Waals surface area contributed by atoms with Crippen LogP contribution in [0.5, 0.6) is 0 Å². The fourth-order valence-corrected chi connectivity index (χ4v) is 2.58. The first-order chi connectivity index (χ1) is 8.54. The van der Waals surface area contributed by atoms with Crippen LogP contribution in [-0.2, 0) is 4.79 Å². The van der Waals surface area contributed by atoms with Gasteiger partial charge in [-0.15, -0.1) is 0 Å². The van der Waals surface area contributed by atoms with Crippen LogP contribution in [0.2, 0.25) is 5.02 Å². The van der Waals surface area contributed by atoms with Crippen LogP contribution in [0.3, 0.4) is 0 Å². The molecule has 1 aliphatic heterocycles. The number of benzene rings is 1. The first-order valence-corrected chi connectivity index (χ1v) is 6.41. The van der Waals surface area contributed by atoms with Crippen LogP contribution < -0.4 is 10.6 Å². The predicted molar refractivity (Wildman–Crippen MR) is 73.9 cm³/mol. The maximum atomic E-state index is 12.4. The molecule has 1 aliphatic rings. The van der Waals surface area contributed by atoms with Crippen LogP contribution in [0.4, 0.5) is 5.69 Å². The number of carbonyl (C=O) groups excluding carboxylic acids is 1. The van der Waals surface area contributed by atoms with Crippen LogP contribution in [0, 0.1) is 0 Å². The number of nitrogens with zero attached hydrogens (tertiary/aromatic N) is 2. The molecule has 1 heterocycles. The van der Waals surface area contributed by atoms with Gasteiger partial charge in [-0.2, -0.15) is 0 Å². The van der Waals surface area contributed by atoms with Gasteiger partial charge in [0, 0.05) is 29.8 Å². The van der Waals surface area contributed by atoms with E-state index in [0.717, 1.165) is 12.2 Å². The highest BCUT2D eigenvalue weighted by atomic mass is 35.5. The van der Waals surface area contributed by atoms with Crippen LogP contribution in [0.25, 0.3) is 0 Å². The lowest BCUT2D eigenvalue weighted by molar-refractivity contribution is -0.125. The van der Waals surface area contributed by atoms with E-state index in [-0.39, 0.29) is 18.0 Å². The molecule has 0 spiro atoms. The molecule has 98 valence electrons. The number of halogens is 1. The zero-order valence-corrected chi connectivity index (χ0v) is 11.4. The average Bonchev–Trinajstić information content (AvgIpc) is 2.31. The second-order valence-electron chi connectivity index (χ2n) is 4.72. The predicted octanol–water partition coefficient (Wildman–Crippen LogP) is 1.33. The summed E-state index contributed by atoms with van der Waals surface area (Å²) < 4.78 is 0. The molecule has 1 aromatic carbocycles. The van der Waals surface area contributed by atoms with Gasteiger partial charge >= 0.3 is 0 Å². The van der Waals surface area contributed by atoms with Crippen molar-refractivity contribution in [1.82, 2.24) is 4.90 Å². The molecular weight excluding hydrogens is 250 g/mol. The van der Waals surface area contributed by atoms with Gasteiger partial charge in [0.2, 0.25) is 5.91 Å². The van der Waals surface area contributed by atoms with E-state index in [4.69, 9.17) is 17.3 Å². The molecule has 0 saturated carbocycles. The van der Waals surface area contributed by atoms with Crippen molar-refractivity contribution in [3.05, 3.63) is 29.3 Å². The van der Waals surface area contributed by atoms with Crippen LogP contribution >= 0.6 is 11.6 Å². The first kappa shape index (κ1) is 13.3. The normalized spacial score (nSPS) is 25.6. The van der Waals surface area contributed by atoms with Crippen LogP contribution in [-0.4, -0.2) is 43.0 Å². The fourth-order valence-electron chi connectivity index (χ4n) is 2.46. The Hall–Kier alpha value is -1.10. The number of anilines is 1. The molecule has 1 aromatic rings. The van der Waals surface area contributed by atoms with Gasteiger partial charge in [0.1, 0.15) is 6.04 Å². The Bertz CT molecular complexity index is 434. The molecule has 0 bridgehead atoms. The zero-order chi connectivity index (χ0) is 13.3. The maximum Gasteiger partial charge on any atom is 0.245 e. The highest BCUT2D eigenvalue weighted by Gasteiger charge is 2.36. The monoisotopic (exact) mass is 267 g/mol. The molecular formula is C13H18ClN3O. The van der Waals surface area contributed by atoms with Crippen molar-refractivity contribution in [2.24, 2.45) is 5.73 Å². The largest absolute Gasteiger partial charge is 0.328 e. The van der Waals surface area contributed by atoms with Crippen molar-refractivity contribution in [3.63, 3.8) is 0 Å². The number of piperazine rings is 1. The Labute approximate surface area is 112 Å². The lowest BCUT2D eigenvalue weighted by atomic mass is 10.1. The number of hydrogen-bond acceptors (Lipinski definition) is 3. The minimum atomic E-state index is -0.239. The second-order valence-corrected chi connectivity index (χ2v) is 5.16. The summed E-state index contributed by atoms with van der Waals surface area (Å²) in [5.41, 5.74) is 6.56. The van der Waals surface area contributed by atoms with E-state index >= 15 is 0 Å². The summed E-state index contributed by atoms with van der Waals surface area (Å²) in [6, 6.07) is 7.23. The number of carbonyl (C=O) groups is 1. The second kappa shape index (κ2) is 5.26. The van der Waals surface area contributed by atoms with Gasteiger partial charge in [0.05, 0.1) is 0 Å². The van der Waals surface area contributed by atoms with E-state index in [2.05, 4.69) is 0 Å². The molecule has 18 heavy (non-hydrogen) atoms. The minimum absolute atomic E-state index is 0.0565. The van der Waals surface area contributed by atoms with Crippen LogP contribution in [0.1, 0.15) is 6.92 Å². The van der Waals surface area contributed by atoms with Crippen molar-refractivity contribution in [2.45, 2.75) is 19.0 Å².